The summed E-state index contributed by atoms with van der Waals surface area (Å²) in [6.07, 6.45) is 7.74. The van der Waals surface area contributed by atoms with E-state index in [2.05, 4.69) is 15.7 Å². The van der Waals surface area contributed by atoms with Crippen molar-refractivity contribution in [3.8, 4) is 12.3 Å². The first kappa shape index (κ1) is 10.8. The Morgan fingerprint density at radius 2 is 2.36 bits per heavy atom. The van der Waals surface area contributed by atoms with Crippen LogP contribution < -0.4 is 4.72 Å². The summed E-state index contributed by atoms with van der Waals surface area (Å²) in [5.74, 6) is 2.28. The van der Waals surface area contributed by atoms with Gasteiger partial charge in [-0.1, -0.05) is 5.92 Å². The van der Waals surface area contributed by atoms with Crippen molar-refractivity contribution in [3.05, 3.63) is 12.4 Å². The molecule has 1 aromatic heterocycles. The highest BCUT2D eigenvalue weighted by Gasteiger charge is 2.17. The quantitative estimate of drug-likeness (QED) is 0.702. The monoisotopic (exact) mass is 213 g/mol. The van der Waals surface area contributed by atoms with E-state index in [-0.39, 0.29) is 4.90 Å². The number of hydrogen-bond acceptors (Lipinski definition) is 3. The Balaban J connectivity index is 2.93. The van der Waals surface area contributed by atoms with Gasteiger partial charge in [-0.05, 0) is 6.92 Å². The van der Waals surface area contributed by atoms with Crippen LogP contribution in [0.15, 0.2) is 17.3 Å². The van der Waals surface area contributed by atoms with Crippen LogP contribution in [-0.2, 0) is 17.1 Å². The van der Waals surface area contributed by atoms with E-state index < -0.39 is 16.1 Å². The van der Waals surface area contributed by atoms with Crippen molar-refractivity contribution in [1.82, 2.24) is 14.5 Å². The second-order valence-corrected chi connectivity index (χ2v) is 4.57. The maximum Gasteiger partial charge on any atom is 0.244 e. The van der Waals surface area contributed by atoms with E-state index in [1.807, 2.05) is 0 Å². The van der Waals surface area contributed by atoms with E-state index in [9.17, 15) is 8.42 Å². The van der Waals surface area contributed by atoms with Crippen LogP contribution in [0.4, 0.5) is 0 Å². The zero-order chi connectivity index (χ0) is 10.8. The van der Waals surface area contributed by atoms with Gasteiger partial charge >= 0.3 is 0 Å². The molecule has 0 aliphatic rings. The van der Waals surface area contributed by atoms with Crippen molar-refractivity contribution in [1.29, 1.82) is 0 Å². The summed E-state index contributed by atoms with van der Waals surface area (Å²) in [7, 11) is -1.88. The Labute approximate surface area is 83.2 Å². The predicted molar refractivity (Wildman–Crippen MR) is 51.8 cm³/mol. The fourth-order valence-electron chi connectivity index (χ4n) is 0.872. The Morgan fingerprint density at radius 3 is 2.79 bits per heavy atom. The van der Waals surface area contributed by atoms with Gasteiger partial charge in [-0.15, -0.1) is 6.42 Å². The topological polar surface area (TPSA) is 64.0 Å². The molecule has 76 valence electrons. The number of rotatable bonds is 3. The zero-order valence-corrected chi connectivity index (χ0v) is 8.75. The molecule has 0 bridgehead atoms. The van der Waals surface area contributed by atoms with Gasteiger partial charge in [0.1, 0.15) is 4.90 Å². The van der Waals surface area contributed by atoms with Gasteiger partial charge in [0.25, 0.3) is 0 Å². The van der Waals surface area contributed by atoms with E-state index >= 15 is 0 Å². The molecule has 0 radical (unpaired) electrons. The molecular weight excluding hydrogens is 202 g/mol. The van der Waals surface area contributed by atoms with Crippen molar-refractivity contribution >= 4 is 10.0 Å². The number of nitrogens with zero attached hydrogens (tertiary/aromatic N) is 2. The summed E-state index contributed by atoms with van der Waals surface area (Å²) in [5.41, 5.74) is 0. The van der Waals surface area contributed by atoms with E-state index in [1.165, 1.54) is 17.1 Å². The van der Waals surface area contributed by atoms with Gasteiger partial charge in [0.2, 0.25) is 10.0 Å². The third-order valence-electron chi connectivity index (χ3n) is 1.57. The molecule has 1 heterocycles. The molecule has 1 aromatic rings. The smallest absolute Gasteiger partial charge is 0.244 e. The van der Waals surface area contributed by atoms with E-state index in [1.54, 1.807) is 14.0 Å². The standard InChI is InChI=1S/C8H11N3O2S/c1-4-7(2)10-14(12,13)8-5-9-11(3)6-8/h1,5-7,10H,2-3H3. The second-order valence-electron chi connectivity index (χ2n) is 2.86. The average molecular weight is 213 g/mol. The molecule has 6 heteroatoms. The van der Waals surface area contributed by atoms with Crippen LogP contribution in [0.25, 0.3) is 0 Å². The number of sulfonamides is 1. The first-order valence-corrected chi connectivity index (χ1v) is 5.41. The molecule has 0 aliphatic heterocycles. The summed E-state index contributed by atoms with van der Waals surface area (Å²) >= 11 is 0. The molecule has 5 nitrogen and oxygen atoms in total. The first-order chi connectivity index (χ1) is 6.45. The zero-order valence-electron chi connectivity index (χ0n) is 7.93. The van der Waals surface area contributed by atoms with E-state index in [4.69, 9.17) is 6.42 Å². The SMILES string of the molecule is C#CC(C)NS(=O)(=O)c1cnn(C)c1. The Bertz CT molecular complexity index is 455. The highest BCUT2D eigenvalue weighted by Crippen LogP contribution is 2.06. The fourth-order valence-corrected chi connectivity index (χ4v) is 2.02. The molecule has 0 saturated carbocycles. The summed E-state index contributed by atoms with van der Waals surface area (Å²) < 4.78 is 26.8. The third-order valence-corrected chi connectivity index (χ3v) is 3.07. The summed E-state index contributed by atoms with van der Waals surface area (Å²) in [6.45, 7) is 1.59. The van der Waals surface area contributed by atoms with Crippen molar-refractivity contribution < 1.29 is 8.42 Å². The highest BCUT2D eigenvalue weighted by molar-refractivity contribution is 7.89. The maximum absolute atomic E-state index is 11.6. The number of aryl methyl sites for hydroxylation is 1. The highest BCUT2D eigenvalue weighted by atomic mass is 32.2. The van der Waals surface area contributed by atoms with E-state index in [0.717, 1.165) is 0 Å². The molecule has 1 N–H and O–H groups in total. The van der Waals surface area contributed by atoms with Gasteiger partial charge in [-0.2, -0.15) is 9.82 Å². The van der Waals surface area contributed by atoms with Crippen LogP contribution >= 0.6 is 0 Å². The molecule has 0 amide bonds. The van der Waals surface area contributed by atoms with Gasteiger partial charge in [0, 0.05) is 13.2 Å². The molecule has 0 saturated heterocycles. The minimum Gasteiger partial charge on any atom is -0.274 e. The normalized spacial score (nSPS) is 13.5. The minimum absolute atomic E-state index is 0.113. The molecule has 0 spiro atoms. The number of nitrogens with one attached hydrogen (secondary N) is 1. The lowest BCUT2D eigenvalue weighted by Gasteiger charge is -2.06. The Hall–Kier alpha value is -1.32. The van der Waals surface area contributed by atoms with Crippen LogP contribution in [-0.4, -0.2) is 24.2 Å². The number of terminal acetylenes is 1. The maximum atomic E-state index is 11.6. The Kier molecular flexibility index (Phi) is 2.93. The van der Waals surface area contributed by atoms with Crippen LogP contribution in [0, 0.1) is 12.3 Å². The van der Waals surface area contributed by atoms with Gasteiger partial charge < -0.3 is 0 Å². The molecule has 1 unspecified atom stereocenters. The van der Waals surface area contributed by atoms with Crippen molar-refractivity contribution in [3.63, 3.8) is 0 Å². The fraction of sp³-hybridized carbons (Fsp3) is 0.375. The largest absolute Gasteiger partial charge is 0.274 e. The lowest BCUT2D eigenvalue weighted by molar-refractivity contribution is 0.577. The van der Waals surface area contributed by atoms with Crippen LogP contribution in [0.1, 0.15) is 6.92 Å². The molecule has 1 rings (SSSR count). The van der Waals surface area contributed by atoms with E-state index in [0.29, 0.717) is 0 Å². The molecule has 0 aromatic carbocycles. The molecular formula is C8H11N3O2S. The van der Waals surface area contributed by atoms with Crippen LogP contribution in [0.5, 0.6) is 0 Å². The molecule has 1 atom stereocenters. The van der Waals surface area contributed by atoms with Crippen molar-refractivity contribution in [2.24, 2.45) is 7.05 Å². The molecule has 0 aliphatic carbocycles. The number of hydrogen-bond donors (Lipinski definition) is 1. The van der Waals surface area contributed by atoms with Gasteiger partial charge in [-0.25, -0.2) is 8.42 Å². The van der Waals surface area contributed by atoms with Gasteiger partial charge in [0.15, 0.2) is 0 Å². The minimum atomic E-state index is -3.53. The molecule has 14 heavy (non-hydrogen) atoms. The second kappa shape index (κ2) is 3.82. The number of aromatic nitrogens is 2. The first-order valence-electron chi connectivity index (χ1n) is 3.93. The molecule has 0 fully saturated rings. The summed E-state index contributed by atoms with van der Waals surface area (Å²) in [6, 6.07) is -0.528. The van der Waals surface area contributed by atoms with Gasteiger partial charge in [-0.3, -0.25) is 4.68 Å². The van der Waals surface area contributed by atoms with Gasteiger partial charge in [0.05, 0.1) is 12.2 Å². The lowest BCUT2D eigenvalue weighted by Crippen LogP contribution is -2.31. The predicted octanol–water partition coefficient (Wildman–Crippen LogP) is -0.280. The van der Waals surface area contributed by atoms with Crippen molar-refractivity contribution in [2.45, 2.75) is 17.9 Å². The third kappa shape index (κ3) is 2.34. The Morgan fingerprint density at radius 1 is 1.71 bits per heavy atom. The summed E-state index contributed by atoms with van der Waals surface area (Å²) in [4.78, 5) is 0.113. The van der Waals surface area contributed by atoms with Crippen LogP contribution in [0.2, 0.25) is 0 Å². The lowest BCUT2D eigenvalue weighted by atomic mass is 10.4. The van der Waals surface area contributed by atoms with Crippen molar-refractivity contribution in [2.75, 3.05) is 0 Å². The van der Waals surface area contributed by atoms with Crippen LogP contribution in [0.3, 0.4) is 0 Å². The summed E-state index contributed by atoms with van der Waals surface area (Å²) in [5, 5.41) is 3.76. The average Bonchev–Trinajstić information content (AvgIpc) is 2.51.